The number of aryl methyl sites for hydroxylation is 1. The van der Waals surface area contributed by atoms with Gasteiger partial charge in [-0.25, -0.2) is 4.79 Å². The molecule has 0 unspecified atom stereocenters. The van der Waals surface area contributed by atoms with Crippen LogP contribution in [-0.4, -0.2) is 36.6 Å². The van der Waals surface area contributed by atoms with Crippen molar-refractivity contribution in [1.29, 1.82) is 0 Å². The van der Waals surface area contributed by atoms with E-state index in [2.05, 4.69) is 11.4 Å². The first-order valence-electron chi connectivity index (χ1n) is 6.96. The summed E-state index contributed by atoms with van der Waals surface area (Å²) < 4.78 is 4.79. The SMILES string of the molecule is CCOC(=O)CNC(=O)N1CCCc2ccccc2C1. The van der Waals surface area contributed by atoms with Crippen molar-refractivity contribution in [2.24, 2.45) is 0 Å². The monoisotopic (exact) mass is 276 g/mol. The van der Waals surface area contributed by atoms with Crippen LogP contribution in [0, 0.1) is 0 Å². The lowest BCUT2D eigenvalue weighted by Gasteiger charge is -2.21. The molecule has 0 bridgehead atoms. The quantitative estimate of drug-likeness (QED) is 0.855. The summed E-state index contributed by atoms with van der Waals surface area (Å²) in [5.41, 5.74) is 2.48. The van der Waals surface area contributed by atoms with Gasteiger partial charge in [-0.05, 0) is 30.9 Å². The number of urea groups is 1. The minimum atomic E-state index is -0.406. The minimum absolute atomic E-state index is 0.0786. The van der Waals surface area contributed by atoms with Crippen molar-refractivity contribution in [1.82, 2.24) is 10.2 Å². The summed E-state index contributed by atoms with van der Waals surface area (Å²) >= 11 is 0. The molecule has 0 fully saturated rings. The van der Waals surface area contributed by atoms with E-state index >= 15 is 0 Å². The lowest BCUT2D eigenvalue weighted by Crippen LogP contribution is -2.42. The van der Waals surface area contributed by atoms with E-state index in [-0.39, 0.29) is 12.6 Å². The second-order valence-corrected chi connectivity index (χ2v) is 4.76. The summed E-state index contributed by atoms with van der Waals surface area (Å²) in [4.78, 5) is 25.1. The lowest BCUT2D eigenvalue weighted by atomic mass is 10.0. The Morgan fingerprint density at radius 2 is 2.05 bits per heavy atom. The second-order valence-electron chi connectivity index (χ2n) is 4.76. The summed E-state index contributed by atoms with van der Waals surface area (Å²) in [6, 6.07) is 7.95. The summed E-state index contributed by atoms with van der Waals surface area (Å²) in [6.45, 7) is 3.27. The first-order valence-corrected chi connectivity index (χ1v) is 6.96. The van der Waals surface area contributed by atoms with Gasteiger partial charge in [0, 0.05) is 13.1 Å². The van der Waals surface area contributed by atoms with Crippen LogP contribution in [0.4, 0.5) is 4.79 Å². The number of rotatable bonds is 3. The van der Waals surface area contributed by atoms with Crippen LogP contribution in [0.3, 0.4) is 0 Å². The molecule has 5 heteroatoms. The maximum Gasteiger partial charge on any atom is 0.325 e. The molecular formula is C15H20N2O3. The van der Waals surface area contributed by atoms with E-state index in [1.807, 2.05) is 18.2 Å². The predicted octanol–water partition coefficient (Wildman–Crippen LogP) is 1.71. The number of ether oxygens (including phenoxy) is 1. The average Bonchev–Trinajstić information content (AvgIpc) is 2.67. The van der Waals surface area contributed by atoms with Gasteiger partial charge in [0.1, 0.15) is 6.54 Å². The highest BCUT2D eigenvalue weighted by Gasteiger charge is 2.19. The van der Waals surface area contributed by atoms with Crippen molar-refractivity contribution >= 4 is 12.0 Å². The number of nitrogens with one attached hydrogen (secondary N) is 1. The average molecular weight is 276 g/mol. The first kappa shape index (κ1) is 14.4. The number of benzene rings is 1. The Hall–Kier alpha value is -2.04. The van der Waals surface area contributed by atoms with Gasteiger partial charge in [-0.3, -0.25) is 4.79 Å². The summed E-state index contributed by atoms with van der Waals surface area (Å²) in [7, 11) is 0. The van der Waals surface area contributed by atoms with Gasteiger partial charge < -0.3 is 15.0 Å². The van der Waals surface area contributed by atoms with Gasteiger partial charge >= 0.3 is 12.0 Å². The fourth-order valence-corrected chi connectivity index (χ4v) is 2.35. The highest BCUT2D eigenvalue weighted by molar-refractivity contribution is 5.80. The van der Waals surface area contributed by atoms with Crippen LogP contribution in [0.5, 0.6) is 0 Å². The fraction of sp³-hybridized carbons (Fsp3) is 0.467. The normalized spacial score (nSPS) is 14.2. The van der Waals surface area contributed by atoms with Crippen molar-refractivity contribution in [2.45, 2.75) is 26.3 Å². The van der Waals surface area contributed by atoms with Crippen LogP contribution in [-0.2, 0) is 22.5 Å². The maximum absolute atomic E-state index is 12.1. The third kappa shape index (κ3) is 3.73. The van der Waals surface area contributed by atoms with Gasteiger partial charge in [0.2, 0.25) is 0 Å². The molecule has 0 radical (unpaired) electrons. The van der Waals surface area contributed by atoms with Crippen LogP contribution >= 0.6 is 0 Å². The molecule has 1 heterocycles. The van der Waals surface area contributed by atoms with Gasteiger partial charge in [0.05, 0.1) is 6.61 Å². The second kappa shape index (κ2) is 6.93. The smallest absolute Gasteiger partial charge is 0.325 e. The number of fused-ring (bicyclic) bond motifs is 1. The van der Waals surface area contributed by atoms with Gasteiger partial charge in [0.25, 0.3) is 0 Å². The van der Waals surface area contributed by atoms with Gasteiger partial charge in [-0.1, -0.05) is 24.3 Å². The van der Waals surface area contributed by atoms with E-state index in [1.54, 1.807) is 11.8 Å². The number of hydrogen-bond acceptors (Lipinski definition) is 3. The summed E-state index contributed by atoms with van der Waals surface area (Å²) in [5, 5.41) is 2.61. The van der Waals surface area contributed by atoms with E-state index in [4.69, 9.17) is 4.74 Å². The maximum atomic E-state index is 12.1. The Labute approximate surface area is 118 Å². The van der Waals surface area contributed by atoms with Gasteiger partial charge in [-0.2, -0.15) is 0 Å². The minimum Gasteiger partial charge on any atom is -0.465 e. The van der Waals surface area contributed by atoms with Crippen LogP contribution in [0.15, 0.2) is 24.3 Å². The molecule has 0 spiro atoms. The van der Waals surface area contributed by atoms with Crippen molar-refractivity contribution in [2.75, 3.05) is 19.7 Å². The van der Waals surface area contributed by atoms with Crippen LogP contribution in [0.1, 0.15) is 24.5 Å². The van der Waals surface area contributed by atoms with Gasteiger partial charge in [-0.15, -0.1) is 0 Å². The van der Waals surface area contributed by atoms with E-state index < -0.39 is 5.97 Å². The standard InChI is InChI=1S/C15H20N2O3/c1-2-20-14(18)10-16-15(19)17-9-5-8-12-6-3-4-7-13(12)11-17/h3-4,6-7H,2,5,8-11H2,1H3,(H,16,19). The molecule has 0 atom stereocenters. The molecule has 1 aromatic rings. The van der Waals surface area contributed by atoms with Crippen molar-refractivity contribution in [3.8, 4) is 0 Å². The zero-order valence-corrected chi connectivity index (χ0v) is 11.7. The molecule has 2 amide bonds. The molecule has 108 valence electrons. The number of carbonyl (C=O) groups is 2. The zero-order chi connectivity index (χ0) is 14.4. The molecular weight excluding hydrogens is 256 g/mol. The zero-order valence-electron chi connectivity index (χ0n) is 11.7. The Morgan fingerprint density at radius 3 is 2.80 bits per heavy atom. The van der Waals surface area contributed by atoms with Gasteiger partial charge in [0.15, 0.2) is 0 Å². The number of esters is 1. The molecule has 5 nitrogen and oxygen atoms in total. The molecule has 1 aromatic carbocycles. The summed E-state index contributed by atoms with van der Waals surface area (Å²) in [6.07, 6.45) is 1.92. The number of carbonyl (C=O) groups excluding carboxylic acids is 2. The van der Waals surface area contributed by atoms with Crippen molar-refractivity contribution in [3.63, 3.8) is 0 Å². The van der Waals surface area contributed by atoms with E-state index in [0.717, 1.165) is 12.8 Å². The third-order valence-electron chi connectivity index (χ3n) is 3.33. The Balaban J connectivity index is 1.92. The van der Waals surface area contributed by atoms with E-state index in [9.17, 15) is 9.59 Å². The fourth-order valence-electron chi connectivity index (χ4n) is 2.35. The third-order valence-corrected chi connectivity index (χ3v) is 3.33. The lowest BCUT2D eigenvalue weighted by molar-refractivity contribution is -0.141. The molecule has 2 rings (SSSR count). The van der Waals surface area contributed by atoms with Crippen molar-refractivity contribution in [3.05, 3.63) is 35.4 Å². The molecule has 0 aromatic heterocycles. The first-order chi connectivity index (χ1) is 9.70. The number of nitrogens with zero attached hydrogens (tertiary/aromatic N) is 1. The highest BCUT2D eigenvalue weighted by atomic mass is 16.5. The van der Waals surface area contributed by atoms with E-state index in [1.165, 1.54) is 11.1 Å². The highest BCUT2D eigenvalue weighted by Crippen LogP contribution is 2.18. The van der Waals surface area contributed by atoms with Crippen LogP contribution < -0.4 is 5.32 Å². The molecule has 20 heavy (non-hydrogen) atoms. The molecule has 0 saturated heterocycles. The molecule has 1 aliphatic rings. The topological polar surface area (TPSA) is 58.6 Å². The largest absolute Gasteiger partial charge is 0.465 e. The Bertz CT molecular complexity index is 488. The molecule has 0 saturated carbocycles. The predicted molar refractivity (Wildman–Crippen MR) is 75.2 cm³/mol. The van der Waals surface area contributed by atoms with E-state index in [0.29, 0.717) is 19.7 Å². The molecule has 1 N–H and O–H groups in total. The van der Waals surface area contributed by atoms with Crippen LogP contribution in [0.25, 0.3) is 0 Å². The molecule has 0 aliphatic carbocycles. The number of hydrogen-bond donors (Lipinski definition) is 1. The summed E-state index contributed by atoms with van der Waals surface area (Å²) in [5.74, 6) is -0.406. The van der Waals surface area contributed by atoms with Crippen molar-refractivity contribution < 1.29 is 14.3 Å². The Morgan fingerprint density at radius 1 is 1.30 bits per heavy atom. The number of amides is 2. The molecule has 1 aliphatic heterocycles. The van der Waals surface area contributed by atoms with Crippen LogP contribution in [0.2, 0.25) is 0 Å². The Kier molecular flexibility index (Phi) is 4.98.